The molecule has 0 radical (unpaired) electrons. The predicted octanol–water partition coefficient (Wildman–Crippen LogP) is 3.11. The summed E-state index contributed by atoms with van der Waals surface area (Å²) < 4.78 is 27.2. The van der Waals surface area contributed by atoms with E-state index in [-0.39, 0.29) is 15.7 Å². The van der Waals surface area contributed by atoms with Gasteiger partial charge in [0, 0.05) is 17.6 Å². The molecule has 0 aliphatic heterocycles. The van der Waals surface area contributed by atoms with Gasteiger partial charge in [-0.1, -0.05) is 6.07 Å². The Bertz CT molecular complexity index is 478. The van der Waals surface area contributed by atoms with Crippen LogP contribution >= 0.6 is 22.6 Å². The molecule has 2 rings (SSSR count). The summed E-state index contributed by atoms with van der Waals surface area (Å²) in [7, 11) is 0. The lowest BCUT2D eigenvalue weighted by molar-refractivity contribution is 0.464. The summed E-state index contributed by atoms with van der Waals surface area (Å²) in [4.78, 5) is 0. The Morgan fingerprint density at radius 3 is 2.65 bits per heavy atom. The first-order chi connectivity index (χ1) is 8.08. The van der Waals surface area contributed by atoms with E-state index in [9.17, 15) is 8.78 Å². The van der Waals surface area contributed by atoms with Crippen molar-refractivity contribution in [3.05, 3.63) is 32.9 Å². The van der Waals surface area contributed by atoms with Gasteiger partial charge in [0.1, 0.15) is 0 Å². The lowest BCUT2D eigenvalue weighted by Crippen LogP contribution is -2.30. The second-order valence-corrected chi connectivity index (χ2v) is 5.47. The van der Waals surface area contributed by atoms with Crippen LogP contribution in [0, 0.1) is 26.5 Å². The minimum atomic E-state index is -0.796. The Kier molecular flexibility index (Phi) is 3.64. The summed E-state index contributed by atoms with van der Waals surface area (Å²) in [5, 5.41) is 11.8. The third kappa shape index (κ3) is 2.75. The molecule has 1 aliphatic carbocycles. The topological polar surface area (TPSA) is 35.8 Å². The third-order valence-corrected chi connectivity index (χ3v) is 3.87. The molecule has 17 heavy (non-hydrogen) atoms. The highest BCUT2D eigenvalue weighted by atomic mass is 127. The van der Waals surface area contributed by atoms with Crippen LogP contribution in [-0.2, 0) is 6.54 Å². The van der Waals surface area contributed by atoms with Crippen LogP contribution in [0.5, 0.6) is 0 Å². The Balaban J connectivity index is 2.05. The van der Waals surface area contributed by atoms with E-state index in [4.69, 9.17) is 5.26 Å². The highest BCUT2D eigenvalue weighted by Crippen LogP contribution is 2.38. The summed E-state index contributed by atoms with van der Waals surface area (Å²) in [6.45, 7) is 0.265. The van der Waals surface area contributed by atoms with Crippen LogP contribution < -0.4 is 5.32 Å². The maximum absolute atomic E-state index is 13.6. The number of hydrogen-bond acceptors (Lipinski definition) is 2. The first kappa shape index (κ1) is 12.7. The van der Waals surface area contributed by atoms with Gasteiger partial charge in [0.25, 0.3) is 0 Å². The zero-order valence-corrected chi connectivity index (χ0v) is 11.2. The van der Waals surface area contributed by atoms with Crippen molar-refractivity contribution in [1.82, 2.24) is 5.32 Å². The number of halogens is 3. The van der Waals surface area contributed by atoms with Gasteiger partial charge in [0.15, 0.2) is 11.6 Å². The molecule has 0 unspecified atom stereocenters. The van der Waals surface area contributed by atoms with Gasteiger partial charge in [-0.2, -0.15) is 5.26 Å². The van der Waals surface area contributed by atoms with Crippen LogP contribution in [-0.4, -0.2) is 5.54 Å². The molecular weight excluding hydrogens is 337 g/mol. The zero-order valence-electron chi connectivity index (χ0n) is 9.06. The van der Waals surface area contributed by atoms with Gasteiger partial charge < -0.3 is 5.32 Å². The normalized spacial score (nSPS) is 16.6. The van der Waals surface area contributed by atoms with E-state index in [1.165, 1.54) is 0 Å². The van der Waals surface area contributed by atoms with Crippen LogP contribution in [0.2, 0.25) is 0 Å². The molecule has 1 saturated carbocycles. The van der Waals surface area contributed by atoms with Crippen LogP contribution in [0.4, 0.5) is 8.78 Å². The van der Waals surface area contributed by atoms with Gasteiger partial charge in [0.05, 0.1) is 16.1 Å². The van der Waals surface area contributed by atoms with Gasteiger partial charge in [0.2, 0.25) is 0 Å². The lowest BCUT2D eigenvalue weighted by Gasteiger charge is -2.14. The second kappa shape index (κ2) is 4.86. The summed E-state index contributed by atoms with van der Waals surface area (Å²) >= 11 is 1.76. The van der Waals surface area contributed by atoms with Crippen molar-refractivity contribution in [1.29, 1.82) is 5.26 Å². The van der Waals surface area contributed by atoms with Gasteiger partial charge in [-0.05, 0) is 41.5 Å². The van der Waals surface area contributed by atoms with E-state index in [0.717, 1.165) is 12.8 Å². The van der Waals surface area contributed by atoms with E-state index in [1.54, 1.807) is 34.7 Å². The molecule has 0 spiro atoms. The van der Waals surface area contributed by atoms with Gasteiger partial charge >= 0.3 is 0 Å². The van der Waals surface area contributed by atoms with Crippen molar-refractivity contribution in [3.8, 4) is 6.07 Å². The molecule has 90 valence electrons. The van der Waals surface area contributed by atoms with E-state index < -0.39 is 11.6 Å². The van der Waals surface area contributed by atoms with Gasteiger partial charge in [-0.15, -0.1) is 0 Å². The molecule has 0 heterocycles. The number of hydrogen-bond donors (Lipinski definition) is 1. The highest BCUT2D eigenvalue weighted by Gasteiger charge is 2.41. The molecule has 0 saturated heterocycles. The molecule has 1 aromatic rings. The van der Waals surface area contributed by atoms with Gasteiger partial charge in [-0.3, -0.25) is 0 Å². The van der Waals surface area contributed by atoms with E-state index in [0.29, 0.717) is 12.0 Å². The Labute approximate surface area is 112 Å². The highest BCUT2D eigenvalue weighted by molar-refractivity contribution is 14.1. The molecule has 1 aromatic carbocycles. The van der Waals surface area contributed by atoms with Crippen molar-refractivity contribution >= 4 is 22.6 Å². The summed E-state index contributed by atoms with van der Waals surface area (Å²) in [5.74, 6) is -1.59. The van der Waals surface area contributed by atoms with Crippen molar-refractivity contribution in [2.75, 3.05) is 0 Å². The fourth-order valence-corrected chi connectivity index (χ4v) is 2.12. The minimum absolute atomic E-state index is 0.166. The summed E-state index contributed by atoms with van der Waals surface area (Å²) in [5.41, 5.74) is 0.146. The molecule has 0 atom stereocenters. The summed E-state index contributed by atoms with van der Waals surface area (Å²) in [6.07, 6.45) is 2.27. The molecule has 0 amide bonds. The fourth-order valence-electron chi connectivity index (χ4n) is 1.70. The molecule has 1 fully saturated rings. The monoisotopic (exact) mass is 348 g/mol. The lowest BCUT2D eigenvalue weighted by atomic mass is 10.1. The Hall–Kier alpha value is -0.740. The largest absolute Gasteiger partial charge is 0.306 e. The molecule has 0 bridgehead atoms. The van der Waals surface area contributed by atoms with E-state index in [1.807, 2.05) is 0 Å². The van der Waals surface area contributed by atoms with Crippen molar-refractivity contribution < 1.29 is 8.78 Å². The fraction of sp³-hybridized carbons (Fsp3) is 0.417. The first-order valence-corrected chi connectivity index (χ1v) is 6.40. The molecular formula is C12H11F2IN2. The smallest absolute Gasteiger partial charge is 0.172 e. The van der Waals surface area contributed by atoms with Crippen molar-refractivity contribution in [3.63, 3.8) is 0 Å². The average Bonchev–Trinajstić information content (AvgIpc) is 3.06. The first-order valence-electron chi connectivity index (χ1n) is 5.32. The maximum atomic E-state index is 13.6. The average molecular weight is 348 g/mol. The van der Waals surface area contributed by atoms with Crippen LogP contribution in [0.1, 0.15) is 24.8 Å². The molecule has 2 nitrogen and oxygen atoms in total. The maximum Gasteiger partial charge on any atom is 0.172 e. The number of nitrogens with one attached hydrogen (secondary N) is 1. The van der Waals surface area contributed by atoms with Gasteiger partial charge in [-0.25, -0.2) is 8.78 Å². The summed E-state index contributed by atoms with van der Waals surface area (Å²) in [6, 6.07) is 5.24. The number of benzene rings is 1. The van der Waals surface area contributed by atoms with E-state index in [2.05, 4.69) is 11.4 Å². The number of nitrogens with zero attached hydrogens (tertiary/aromatic N) is 1. The van der Waals surface area contributed by atoms with Crippen LogP contribution in [0.3, 0.4) is 0 Å². The molecule has 1 N–H and O–H groups in total. The van der Waals surface area contributed by atoms with Crippen molar-refractivity contribution in [2.45, 2.75) is 31.3 Å². The Morgan fingerprint density at radius 1 is 1.35 bits per heavy atom. The zero-order chi connectivity index (χ0) is 12.5. The third-order valence-electron chi connectivity index (χ3n) is 3.04. The second-order valence-electron chi connectivity index (χ2n) is 4.30. The predicted molar refractivity (Wildman–Crippen MR) is 68.1 cm³/mol. The van der Waals surface area contributed by atoms with Crippen molar-refractivity contribution in [2.24, 2.45) is 0 Å². The molecule has 1 aliphatic rings. The van der Waals surface area contributed by atoms with Crippen LogP contribution in [0.25, 0.3) is 0 Å². The SMILES string of the molecule is N#CCC1(NCc2ccc(I)c(F)c2F)CC1. The minimum Gasteiger partial charge on any atom is -0.306 e. The number of rotatable bonds is 4. The quantitative estimate of drug-likeness (QED) is 0.671. The van der Waals surface area contributed by atoms with E-state index >= 15 is 0 Å². The standard InChI is InChI=1S/C12H11F2IN2/c13-10-8(1-2-9(15)11(10)14)7-17-12(3-4-12)5-6-16/h1-2,17H,3-5,7H2. The number of nitriles is 1. The van der Waals surface area contributed by atoms with Crippen LogP contribution in [0.15, 0.2) is 12.1 Å². The molecule has 0 aromatic heterocycles. The Morgan fingerprint density at radius 2 is 2.06 bits per heavy atom. The molecule has 5 heteroatoms.